The summed E-state index contributed by atoms with van der Waals surface area (Å²) in [6.07, 6.45) is -0.415. The molecule has 2 aliphatic rings. The number of thioether (sulfide) groups is 1. The van der Waals surface area contributed by atoms with Crippen molar-refractivity contribution >= 4 is 28.7 Å². The number of carbonyl (C=O) groups excluding carboxylic acids is 1. The van der Waals surface area contributed by atoms with Crippen LogP contribution in [0.25, 0.3) is 0 Å². The lowest BCUT2D eigenvalue weighted by atomic mass is 9.68. The lowest BCUT2D eigenvalue weighted by Crippen LogP contribution is -2.70. The minimum Gasteiger partial charge on any atom is -0.385 e. The van der Waals surface area contributed by atoms with Crippen LogP contribution in [0.4, 0.5) is 8.78 Å². The summed E-state index contributed by atoms with van der Waals surface area (Å²) in [6, 6.07) is 12.0. The van der Waals surface area contributed by atoms with Gasteiger partial charge in [-0.2, -0.15) is 0 Å². The Morgan fingerprint density at radius 2 is 2.03 bits per heavy atom. The average Bonchev–Trinajstić information content (AvgIpc) is 2.79. The number of halogens is 2. The van der Waals surface area contributed by atoms with Gasteiger partial charge in [0, 0.05) is 29.4 Å². The summed E-state index contributed by atoms with van der Waals surface area (Å²) < 4.78 is 34.6. The summed E-state index contributed by atoms with van der Waals surface area (Å²) >= 11 is 1.30. The lowest BCUT2D eigenvalue weighted by molar-refractivity contribution is -0.0497. The first-order chi connectivity index (χ1) is 15.3. The molecule has 3 atom stereocenters. The maximum Gasteiger partial charge on any atom is 0.257 e. The van der Waals surface area contributed by atoms with Crippen molar-refractivity contribution in [2.45, 2.75) is 23.6 Å². The molecule has 4 rings (SSSR count). The van der Waals surface area contributed by atoms with Gasteiger partial charge in [-0.05, 0) is 25.2 Å². The Morgan fingerprint density at radius 3 is 2.69 bits per heavy atom. The summed E-state index contributed by atoms with van der Waals surface area (Å²) in [6.45, 7) is -0.105. The fourth-order valence-electron chi connectivity index (χ4n) is 4.24. The molecule has 1 saturated heterocycles. The highest BCUT2D eigenvalue weighted by atomic mass is 32.2. The van der Waals surface area contributed by atoms with E-state index < -0.39 is 28.8 Å². The van der Waals surface area contributed by atoms with Crippen molar-refractivity contribution in [3.63, 3.8) is 0 Å². The number of carbonyl (C=O) groups is 1. The molecular weight excluding hydrogens is 436 g/mol. The van der Waals surface area contributed by atoms with Crippen molar-refractivity contribution in [3.05, 3.63) is 71.3 Å². The van der Waals surface area contributed by atoms with Gasteiger partial charge in [-0.25, -0.2) is 13.8 Å². The maximum absolute atomic E-state index is 15.1. The largest absolute Gasteiger partial charge is 0.385 e. The smallest absolute Gasteiger partial charge is 0.257 e. The van der Waals surface area contributed by atoms with E-state index in [0.29, 0.717) is 16.5 Å². The number of nitrogens with one attached hydrogen (secondary N) is 3. The highest BCUT2D eigenvalue weighted by molar-refractivity contribution is 8.14. The van der Waals surface area contributed by atoms with Crippen molar-refractivity contribution in [1.29, 1.82) is 5.41 Å². The normalized spacial score (nSPS) is 27.2. The van der Waals surface area contributed by atoms with E-state index in [9.17, 15) is 9.18 Å². The van der Waals surface area contributed by atoms with Gasteiger partial charge in [-0.1, -0.05) is 36.0 Å². The molecule has 1 amide bonds. The fourth-order valence-corrected chi connectivity index (χ4v) is 5.51. The van der Waals surface area contributed by atoms with Gasteiger partial charge in [0.1, 0.15) is 29.1 Å². The molecule has 32 heavy (non-hydrogen) atoms. The van der Waals surface area contributed by atoms with Gasteiger partial charge in [0.05, 0.1) is 12.1 Å². The third-order valence-electron chi connectivity index (χ3n) is 6.03. The number of amides is 1. The van der Waals surface area contributed by atoms with Gasteiger partial charge in [0.2, 0.25) is 0 Å². The van der Waals surface area contributed by atoms with E-state index in [4.69, 9.17) is 20.9 Å². The summed E-state index contributed by atoms with van der Waals surface area (Å²) in [5.74, 6) is -1.56. The maximum atomic E-state index is 15.1. The van der Waals surface area contributed by atoms with Gasteiger partial charge in [0.15, 0.2) is 5.17 Å². The summed E-state index contributed by atoms with van der Waals surface area (Å²) in [7, 11) is 1.72. The van der Waals surface area contributed by atoms with Crippen LogP contribution in [0.3, 0.4) is 0 Å². The number of fused-ring (bicyclic) bond motifs is 1. The molecule has 1 fully saturated rings. The molecule has 168 valence electrons. The van der Waals surface area contributed by atoms with E-state index in [1.165, 1.54) is 23.9 Å². The SMILES string of the molecule is CNC12CSC(NC(=O)c3ccccc3)=NC1(c1ccc(F)cc1F)COC(C(=N)N)C2. The molecule has 0 bridgehead atoms. The monoisotopic (exact) mass is 459 g/mol. The van der Waals surface area contributed by atoms with Crippen molar-refractivity contribution < 1.29 is 18.3 Å². The van der Waals surface area contributed by atoms with E-state index in [-0.39, 0.29) is 30.3 Å². The molecule has 0 radical (unpaired) electrons. The molecule has 0 aliphatic carbocycles. The number of aliphatic imine (C=N–C) groups is 1. The van der Waals surface area contributed by atoms with Crippen molar-refractivity contribution in [1.82, 2.24) is 10.6 Å². The van der Waals surface area contributed by atoms with E-state index >= 15 is 4.39 Å². The molecule has 0 spiro atoms. The number of hydrogen-bond acceptors (Lipinski definition) is 6. The molecule has 0 aromatic heterocycles. The van der Waals surface area contributed by atoms with Crippen molar-refractivity contribution in [2.75, 3.05) is 19.4 Å². The second kappa shape index (κ2) is 8.61. The first-order valence-corrected chi connectivity index (χ1v) is 11.0. The van der Waals surface area contributed by atoms with Crippen LogP contribution < -0.4 is 16.4 Å². The number of ether oxygens (including phenoxy) is 1. The Labute approximate surface area is 188 Å². The van der Waals surface area contributed by atoms with E-state index in [0.717, 1.165) is 6.07 Å². The van der Waals surface area contributed by atoms with Crippen LogP contribution in [0.2, 0.25) is 0 Å². The second-order valence-electron chi connectivity index (χ2n) is 7.80. The van der Waals surface area contributed by atoms with Crippen LogP contribution in [0.15, 0.2) is 53.5 Å². The zero-order chi connectivity index (χ0) is 22.9. The summed E-state index contributed by atoms with van der Waals surface area (Å²) in [4.78, 5) is 17.5. The number of amidine groups is 2. The van der Waals surface area contributed by atoms with Crippen LogP contribution in [0.1, 0.15) is 22.3 Å². The number of nitrogens with zero attached hydrogens (tertiary/aromatic N) is 1. The van der Waals surface area contributed by atoms with Crippen LogP contribution in [0.5, 0.6) is 0 Å². The molecule has 2 aromatic rings. The fraction of sp³-hybridized carbons (Fsp3) is 0.318. The standard InChI is InChI=1S/C22H23F2N5O2S/c1-27-21-10-17(18(25)26)31-11-22(21,15-8-7-14(23)9-16(15)24)29-20(32-12-21)28-19(30)13-5-3-2-4-6-13/h2-9,17,27H,10-12H2,1H3,(H3,25,26)(H,28,29,30). The van der Waals surface area contributed by atoms with Crippen LogP contribution in [0, 0.1) is 17.0 Å². The van der Waals surface area contributed by atoms with Gasteiger partial charge in [0.25, 0.3) is 5.91 Å². The molecule has 7 nitrogen and oxygen atoms in total. The number of hydrogen-bond donors (Lipinski definition) is 4. The van der Waals surface area contributed by atoms with E-state index in [1.807, 2.05) is 6.07 Å². The van der Waals surface area contributed by atoms with Gasteiger partial charge >= 0.3 is 0 Å². The van der Waals surface area contributed by atoms with E-state index in [1.54, 1.807) is 31.3 Å². The van der Waals surface area contributed by atoms with Crippen molar-refractivity contribution in [2.24, 2.45) is 10.7 Å². The molecule has 2 aliphatic heterocycles. The zero-order valence-corrected chi connectivity index (χ0v) is 18.1. The topological polar surface area (TPSA) is 113 Å². The van der Waals surface area contributed by atoms with Gasteiger partial charge < -0.3 is 21.1 Å². The Hall–Kier alpha value is -2.82. The molecule has 5 N–H and O–H groups in total. The molecule has 2 heterocycles. The Morgan fingerprint density at radius 1 is 1.28 bits per heavy atom. The Bertz CT molecular complexity index is 1080. The molecule has 10 heteroatoms. The minimum absolute atomic E-state index is 0.105. The van der Waals surface area contributed by atoms with Gasteiger partial charge in [-0.15, -0.1) is 0 Å². The first kappa shape index (κ1) is 22.4. The Kier molecular flexibility index (Phi) is 6.02. The molecule has 2 aromatic carbocycles. The van der Waals surface area contributed by atoms with Gasteiger partial charge in [-0.3, -0.25) is 10.2 Å². The van der Waals surface area contributed by atoms with E-state index in [2.05, 4.69) is 10.6 Å². The van der Waals surface area contributed by atoms with Crippen LogP contribution in [-0.2, 0) is 10.3 Å². The number of likely N-dealkylation sites (N-methyl/N-ethyl adjacent to an activating group) is 1. The van der Waals surface area contributed by atoms with Crippen molar-refractivity contribution in [3.8, 4) is 0 Å². The summed E-state index contributed by atoms with van der Waals surface area (Å²) in [5.41, 5.74) is 4.13. The zero-order valence-electron chi connectivity index (χ0n) is 17.3. The second-order valence-corrected chi connectivity index (χ2v) is 8.77. The minimum atomic E-state index is -1.31. The number of benzene rings is 2. The predicted octanol–water partition coefficient (Wildman–Crippen LogP) is 2.38. The highest BCUT2D eigenvalue weighted by Crippen LogP contribution is 2.49. The molecule has 0 saturated carbocycles. The van der Waals surface area contributed by atoms with Crippen LogP contribution >= 0.6 is 11.8 Å². The highest BCUT2D eigenvalue weighted by Gasteiger charge is 2.60. The molecule has 3 unspecified atom stereocenters. The number of rotatable bonds is 4. The molecular formula is C22H23F2N5O2S. The number of nitrogens with two attached hydrogens (primary N) is 1. The van der Waals surface area contributed by atoms with Crippen LogP contribution in [-0.4, -0.2) is 48.0 Å². The average molecular weight is 460 g/mol. The Balaban J connectivity index is 1.80. The third-order valence-corrected chi connectivity index (χ3v) is 7.13. The predicted molar refractivity (Wildman–Crippen MR) is 120 cm³/mol. The first-order valence-electron chi connectivity index (χ1n) is 9.99. The third kappa shape index (κ3) is 3.78. The lowest BCUT2D eigenvalue weighted by Gasteiger charge is -2.55. The summed E-state index contributed by atoms with van der Waals surface area (Å²) in [5, 5.41) is 14.2. The quantitative estimate of drug-likeness (QED) is 0.414.